The molecule has 1 amide bonds. The SMILES string of the molecule is N=c1c2c(-c3ccccc3)cc(-c3ccc(N4C(=O)/C(=N\Nc5ccccc5)N=C4c4ccccc4)cc3)nc2ncn1N. The van der Waals surface area contributed by atoms with Gasteiger partial charge >= 0.3 is 5.91 Å². The smallest absolute Gasteiger partial charge is 0.303 e. The summed E-state index contributed by atoms with van der Waals surface area (Å²) >= 11 is 0. The van der Waals surface area contributed by atoms with Crippen molar-refractivity contribution >= 4 is 40.0 Å². The van der Waals surface area contributed by atoms with Crippen LogP contribution in [0.5, 0.6) is 0 Å². The largest absolute Gasteiger partial charge is 0.336 e. The molecule has 0 saturated carbocycles. The van der Waals surface area contributed by atoms with Crippen molar-refractivity contribution in [2.45, 2.75) is 0 Å². The van der Waals surface area contributed by atoms with Crippen molar-refractivity contribution in [2.24, 2.45) is 10.1 Å². The van der Waals surface area contributed by atoms with Crippen LogP contribution in [0.1, 0.15) is 5.56 Å². The maximum absolute atomic E-state index is 13.7. The van der Waals surface area contributed by atoms with Crippen LogP contribution in [0.3, 0.4) is 0 Å². The Kier molecular flexibility index (Phi) is 6.68. The van der Waals surface area contributed by atoms with Gasteiger partial charge in [-0.15, -0.1) is 5.10 Å². The fourth-order valence-corrected chi connectivity index (χ4v) is 5.05. The van der Waals surface area contributed by atoms with Crippen LogP contribution in [0, 0.1) is 5.41 Å². The molecule has 0 bridgehead atoms. The van der Waals surface area contributed by atoms with Gasteiger partial charge in [0, 0.05) is 11.1 Å². The number of carbonyl (C=O) groups excluding carboxylic acids is 1. The van der Waals surface area contributed by atoms with E-state index in [1.165, 1.54) is 11.0 Å². The predicted molar refractivity (Wildman–Crippen MR) is 172 cm³/mol. The Bertz CT molecular complexity index is 2120. The summed E-state index contributed by atoms with van der Waals surface area (Å²) < 4.78 is 1.18. The molecule has 6 aromatic rings. The first kappa shape index (κ1) is 26.5. The molecule has 2 aromatic heterocycles. The van der Waals surface area contributed by atoms with Crippen LogP contribution in [0.4, 0.5) is 11.4 Å². The summed E-state index contributed by atoms with van der Waals surface area (Å²) in [5, 5.41) is 13.5. The highest BCUT2D eigenvalue weighted by molar-refractivity contribution is 6.55. The molecular formula is C34H25N9O. The molecule has 4 aromatic carbocycles. The highest BCUT2D eigenvalue weighted by Gasteiger charge is 2.34. The molecule has 1 aliphatic heterocycles. The lowest BCUT2D eigenvalue weighted by molar-refractivity contribution is -0.111. The molecule has 4 N–H and O–H groups in total. The van der Waals surface area contributed by atoms with Gasteiger partial charge in [0.1, 0.15) is 12.2 Å². The van der Waals surface area contributed by atoms with Crippen LogP contribution >= 0.6 is 0 Å². The van der Waals surface area contributed by atoms with E-state index in [4.69, 9.17) is 16.2 Å². The molecule has 1 aliphatic rings. The molecule has 0 fully saturated rings. The van der Waals surface area contributed by atoms with Crippen LogP contribution in [0.15, 0.2) is 138 Å². The van der Waals surface area contributed by atoms with Crippen LogP contribution in [-0.4, -0.2) is 32.2 Å². The summed E-state index contributed by atoms with van der Waals surface area (Å²) in [6.45, 7) is 0. The molecule has 0 saturated heterocycles. The molecular weight excluding hydrogens is 550 g/mol. The molecule has 212 valence electrons. The molecule has 0 atom stereocenters. The number of aliphatic imine (C=N–C) groups is 1. The standard InChI is InChI=1S/C34H25N9O/c35-30-29-27(22-10-4-1-5-11-22)20-28(38-31(29)37-21-42(30)36)23-16-18-26(19-17-23)43-33(24-12-6-2-7-13-24)39-32(34(43)44)41-40-25-14-8-3-9-15-25/h1-21,35,40H,36H2/b35-30?,41-32+. The third kappa shape index (κ3) is 4.86. The van der Waals surface area contributed by atoms with E-state index >= 15 is 0 Å². The molecule has 0 aliphatic carbocycles. The third-order valence-electron chi connectivity index (χ3n) is 7.22. The van der Waals surface area contributed by atoms with Gasteiger partial charge in [-0.05, 0) is 41.5 Å². The van der Waals surface area contributed by atoms with Gasteiger partial charge in [-0.1, -0.05) is 91.0 Å². The van der Waals surface area contributed by atoms with E-state index in [0.29, 0.717) is 28.3 Å². The molecule has 44 heavy (non-hydrogen) atoms. The maximum atomic E-state index is 13.7. The maximum Gasteiger partial charge on any atom is 0.303 e. The summed E-state index contributed by atoms with van der Waals surface area (Å²) in [6, 6.07) is 38.2. The Morgan fingerprint density at radius 3 is 2.09 bits per heavy atom. The number of hydrogen-bond acceptors (Lipinski definition) is 7. The van der Waals surface area contributed by atoms with Gasteiger partial charge in [0.15, 0.2) is 11.1 Å². The average Bonchev–Trinajstić information content (AvgIpc) is 3.42. The van der Waals surface area contributed by atoms with Gasteiger partial charge in [-0.25, -0.2) is 19.6 Å². The molecule has 10 heteroatoms. The first-order chi connectivity index (χ1) is 21.6. The van der Waals surface area contributed by atoms with E-state index in [-0.39, 0.29) is 17.2 Å². The third-order valence-corrected chi connectivity index (χ3v) is 7.22. The predicted octanol–water partition coefficient (Wildman–Crippen LogP) is 5.18. The first-order valence-electron chi connectivity index (χ1n) is 13.8. The van der Waals surface area contributed by atoms with Crippen molar-refractivity contribution in [3.05, 3.63) is 139 Å². The minimum atomic E-state index is -0.350. The fraction of sp³-hybridized carbons (Fsp3) is 0. The second-order valence-corrected chi connectivity index (χ2v) is 10.0. The number of rotatable bonds is 6. The average molecular weight is 576 g/mol. The van der Waals surface area contributed by atoms with Crippen LogP contribution in [0.25, 0.3) is 33.4 Å². The first-order valence-corrected chi connectivity index (χ1v) is 13.8. The van der Waals surface area contributed by atoms with E-state index < -0.39 is 0 Å². The molecule has 7 rings (SSSR count). The minimum Gasteiger partial charge on any atom is -0.336 e. The Morgan fingerprint density at radius 2 is 1.41 bits per heavy atom. The van der Waals surface area contributed by atoms with Crippen LogP contribution < -0.4 is 21.7 Å². The number of hydrazone groups is 1. The second-order valence-electron chi connectivity index (χ2n) is 10.0. The number of hydrogen-bond donors (Lipinski definition) is 3. The lowest BCUT2D eigenvalue weighted by atomic mass is 10.00. The Labute approximate surface area is 252 Å². The highest BCUT2D eigenvalue weighted by Crippen LogP contribution is 2.31. The molecule has 0 unspecified atom stereocenters. The Hall–Kier alpha value is -6.42. The molecule has 0 radical (unpaired) electrons. The number of anilines is 2. The highest BCUT2D eigenvalue weighted by atomic mass is 16.2. The number of amidine groups is 2. The minimum absolute atomic E-state index is 0.0508. The van der Waals surface area contributed by atoms with Gasteiger partial charge < -0.3 is 5.84 Å². The van der Waals surface area contributed by atoms with Gasteiger partial charge in [0.05, 0.1) is 22.5 Å². The summed E-state index contributed by atoms with van der Waals surface area (Å²) in [5.41, 5.74) is 8.82. The van der Waals surface area contributed by atoms with E-state index in [2.05, 4.69) is 20.5 Å². The number of amides is 1. The van der Waals surface area contributed by atoms with Gasteiger partial charge in [0.2, 0.25) is 5.84 Å². The number of pyridine rings is 1. The second kappa shape index (κ2) is 11.1. The van der Waals surface area contributed by atoms with Crippen LogP contribution in [0.2, 0.25) is 0 Å². The van der Waals surface area contributed by atoms with Crippen LogP contribution in [-0.2, 0) is 4.79 Å². The topological polar surface area (TPSA) is 138 Å². The van der Waals surface area contributed by atoms with Gasteiger partial charge in [-0.2, -0.15) is 0 Å². The van der Waals surface area contributed by atoms with E-state index in [0.717, 1.165) is 27.9 Å². The summed E-state index contributed by atoms with van der Waals surface area (Å²) in [6.07, 6.45) is 1.38. The van der Waals surface area contributed by atoms with Crippen molar-refractivity contribution in [1.29, 1.82) is 5.41 Å². The summed E-state index contributed by atoms with van der Waals surface area (Å²) in [5.74, 6) is 6.15. The van der Waals surface area contributed by atoms with Crippen molar-refractivity contribution in [3.63, 3.8) is 0 Å². The zero-order chi connectivity index (χ0) is 30.0. The number of para-hydroxylation sites is 1. The van der Waals surface area contributed by atoms with E-state index in [1.54, 1.807) is 4.90 Å². The lowest BCUT2D eigenvalue weighted by Gasteiger charge is -2.19. The number of nitrogens with one attached hydrogen (secondary N) is 2. The Morgan fingerprint density at radius 1 is 0.773 bits per heavy atom. The van der Waals surface area contributed by atoms with Gasteiger partial charge in [-0.3, -0.25) is 20.5 Å². The van der Waals surface area contributed by atoms with Crippen molar-refractivity contribution in [3.8, 4) is 22.4 Å². The summed E-state index contributed by atoms with van der Waals surface area (Å²) in [7, 11) is 0. The zero-order valence-electron chi connectivity index (χ0n) is 23.3. The van der Waals surface area contributed by atoms with E-state index in [9.17, 15) is 4.79 Å². The lowest BCUT2D eigenvalue weighted by Crippen LogP contribution is -2.34. The monoisotopic (exact) mass is 575 g/mol. The quantitative estimate of drug-likeness (QED) is 0.186. The van der Waals surface area contributed by atoms with Crippen molar-refractivity contribution in [2.75, 3.05) is 16.2 Å². The van der Waals surface area contributed by atoms with Gasteiger partial charge in [0.25, 0.3) is 0 Å². The number of nitrogen functional groups attached to an aromatic ring is 1. The summed E-state index contributed by atoms with van der Waals surface area (Å²) in [4.78, 5) is 29.0. The zero-order valence-corrected chi connectivity index (χ0v) is 23.3. The number of aromatic nitrogens is 3. The molecule has 3 heterocycles. The number of nitrogens with zero attached hydrogens (tertiary/aromatic N) is 6. The van der Waals surface area contributed by atoms with E-state index in [1.807, 2.05) is 121 Å². The number of benzene rings is 4. The fourth-order valence-electron chi connectivity index (χ4n) is 5.05. The number of fused-ring (bicyclic) bond motifs is 1. The molecule has 10 nitrogen and oxygen atoms in total. The number of nitrogens with two attached hydrogens (primary N) is 1. The normalized spacial score (nSPS) is 13.8. The van der Waals surface area contributed by atoms with Crippen molar-refractivity contribution in [1.82, 2.24) is 14.6 Å². The number of carbonyl (C=O) groups is 1. The molecule has 0 spiro atoms. The van der Waals surface area contributed by atoms with Crippen molar-refractivity contribution < 1.29 is 4.79 Å². The Balaban J connectivity index is 1.28.